The number of benzene rings is 2. The zero-order chi connectivity index (χ0) is 25.4. The predicted octanol–water partition coefficient (Wildman–Crippen LogP) is 2.54. The molecule has 1 atom stereocenters. The zero-order valence-electron chi connectivity index (χ0n) is 20.7. The second-order valence-electron chi connectivity index (χ2n) is 9.95. The van der Waals surface area contributed by atoms with Crippen LogP contribution in [0.15, 0.2) is 48.5 Å². The summed E-state index contributed by atoms with van der Waals surface area (Å²) in [6, 6.07) is 14.5. The van der Waals surface area contributed by atoms with Gasteiger partial charge in [-0.1, -0.05) is 24.3 Å². The number of hydrogen-bond donors (Lipinski definition) is 0. The number of nitrogens with zero attached hydrogens (tertiary/aromatic N) is 3. The van der Waals surface area contributed by atoms with E-state index in [1.807, 2.05) is 31.2 Å². The van der Waals surface area contributed by atoms with Gasteiger partial charge in [0.05, 0.1) is 12.5 Å². The molecule has 0 spiro atoms. The highest BCUT2D eigenvalue weighted by molar-refractivity contribution is 6.11. The van der Waals surface area contributed by atoms with E-state index >= 15 is 0 Å². The summed E-state index contributed by atoms with van der Waals surface area (Å²) in [5.41, 5.74) is 1.06. The second kappa shape index (κ2) is 9.41. The van der Waals surface area contributed by atoms with Crippen LogP contribution in [0, 0.1) is 6.92 Å². The quantitative estimate of drug-likeness (QED) is 0.582. The number of carbonyl (C=O) groups is 4. The molecule has 1 unspecified atom stereocenters. The van der Waals surface area contributed by atoms with Crippen molar-refractivity contribution in [1.82, 2.24) is 14.7 Å². The highest BCUT2D eigenvalue weighted by atomic mass is 16.5. The number of ether oxygens (including phenoxy) is 1. The summed E-state index contributed by atoms with van der Waals surface area (Å²) < 4.78 is 5.16. The number of piperazine rings is 1. The largest absolute Gasteiger partial charge is 0.497 e. The minimum Gasteiger partial charge on any atom is -0.497 e. The first-order valence-corrected chi connectivity index (χ1v) is 12.5. The van der Waals surface area contributed by atoms with Gasteiger partial charge in [-0.25, -0.2) is 0 Å². The topological polar surface area (TPSA) is 87.2 Å². The van der Waals surface area contributed by atoms with Crippen molar-refractivity contribution in [3.63, 3.8) is 0 Å². The number of likely N-dealkylation sites (tertiary alicyclic amines) is 1. The van der Waals surface area contributed by atoms with Crippen LogP contribution >= 0.6 is 0 Å². The molecule has 0 radical (unpaired) electrons. The maximum atomic E-state index is 13.7. The lowest BCUT2D eigenvalue weighted by Gasteiger charge is -2.37. The van der Waals surface area contributed by atoms with Crippen LogP contribution in [0.1, 0.15) is 47.2 Å². The summed E-state index contributed by atoms with van der Waals surface area (Å²) in [5, 5.41) is 0. The Morgan fingerprint density at radius 2 is 1.58 bits per heavy atom. The summed E-state index contributed by atoms with van der Waals surface area (Å²) in [7, 11) is 1.58. The Morgan fingerprint density at radius 1 is 0.944 bits per heavy atom. The Hall–Kier alpha value is -3.68. The van der Waals surface area contributed by atoms with Gasteiger partial charge in [-0.3, -0.25) is 24.1 Å². The van der Waals surface area contributed by atoms with Crippen LogP contribution in [0.2, 0.25) is 0 Å². The summed E-state index contributed by atoms with van der Waals surface area (Å²) in [6.45, 7) is 3.52. The van der Waals surface area contributed by atoms with Gasteiger partial charge >= 0.3 is 0 Å². The number of carbonyl (C=O) groups excluding carboxylic acids is 4. The van der Waals surface area contributed by atoms with Crippen molar-refractivity contribution in [3.8, 4) is 5.75 Å². The molecular formula is C28H31N3O5. The lowest BCUT2D eigenvalue weighted by molar-refractivity contribution is -0.143. The van der Waals surface area contributed by atoms with Crippen molar-refractivity contribution in [2.45, 2.75) is 44.1 Å². The number of methoxy groups -OCH3 is 1. The number of aryl methyl sites for hydroxylation is 1. The molecule has 5 rings (SSSR count). The van der Waals surface area contributed by atoms with Gasteiger partial charge in [-0.15, -0.1) is 0 Å². The molecule has 0 aromatic heterocycles. The van der Waals surface area contributed by atoms with Gasteiger partial charge < -0.3 is 14.5 Å². The molecule has 1 aliphatic carbocycles. The first-order valence-electron chi connectivity index (χ1n) is 12.5. The van der Waals surface area contributed by atoms with Crippen LogP contribution in [0.3, 0.4) is 0 Å². The van der Waals surface area contributed by atoms with E-state index in [-0.39, 0.29) is 42.5 Å². The van der Waals surface area contributed by atoms with Gasteiger partial charge in [0.25, 0.3) is 5.91 Å². The molecule has 2 saturated heterocycles. The molecule has 2 aromatic carbocycles. The third-order valence-corrected chi connectivity index (χ3v) is 7.63. The van der Waals surface area contributed by atoms with E-state index in [2.05, 4.69) is 0 Å². The van der Waals surface area contributed by atoms with E-state index in [1.54, 1.807) is 41.2 Å². The molecule has 8 heteroatoms. The van der Waals surface area contributed by atoms with Crippen molar-refractivity contribution in [2.75, 3.05) is 33.3 Å². The van der Waals surface area contributed by atoms with Crippen LogP contribution in [0.25, 0.3) is 0 Å². The highest BCUT2D eigenvalue weighted by Crippen LogP contribution is 2.45. The molecule has 188 valence electrons. The van der Waals surface area contributed by atoms with Crippen molar-refractivity contribution in [3.05, 3.63) is 65.2 Å². The molecule has 1 saturated carbocycles. The molecule has 8 nitrogen and oxygen atoms in total. The van der Waals surface area contributed by atoms with E-state index in [0.717, 1.165) is 24.0 Å². The normalized spacial score (nSPS) is 22.2. The maximum Gasteiger partial charge on any atom is 0.253 e. The fraction of sp³-hybridized carbons (Fsp3) is 0.429. The molecular weight excluding hydrogens is 458 g/mol. The molecule has 3 fully saturated rings. The predicted molar refractivity (Wildman–Crippen MR) is 132 cm³/mol. The first kappa shape index (κ1) is 24.0. The van der Waals surface area contributed by atoms with Gasteiger partial charge in [0.15, 0.2) is 0 Å². The van der Waals surface area contributed by atoms with E-state index in [9.17, 15) is 19.2 Å². The van der Waals surface area contributed by atoms with Gasteiger partial charge in [0.1, 0.15) is 5.75 Å². The van der Waals surface area contributed by atoms with Crippen molar-refractivity contribution >= 4 is 23.6 Å². The number of rotatable bonds is 6. The monoisotopic (exact) mass is 489 g/mol. The highest BCUT2D eigenvalue weighted by Gasteiger charge is 2.57. The van der Waals surface area contributed by atoms with E-state index in [0.29, 0.717) is 37.5 Å². The van der Waals surface area contributed by atoms with Crippen LogP contribution < -0.4 is 4.74 Å². The average molecular weight is 490 g/mol. The third kappa shape index (κ3) is 4.25. The van der Waals surface area contributed by atoms with Crippen LogP contribution in [0.4, 0.5) is 0 Å². The lowest BCUT2D eigenvalue weighted by Crippen LogP contribution is -2.52. The summed E-state index contributed by atoms with van der Waals surface area (Å²) in [4.78, 5) is 58.0. The SMILES string of the molecule is COc1ccc(C(=O)N2CCN(C(=O)CC3(c4ccccc4C)CC(=O)N(C4CC4)C3=O)CC2)cc1. The molecule has 0 bridgehead atoms. The Morgan fingerprint density at radius 3 is 2.19 bits per heavy atom. The molecule has 2 aromatic rings. The minimum atomic E-state index is -1.17. The van der Waals surface area contributed by atoms with Gasteiger partial charge in [0, 0.05) is 50.6 Å². The van der Waals surface area contributed by atoms with Crippen molar-refractivity contribution in [2.24, 2.45) is 0 Å². The van der Waals surface area contributed by atoms with Crippen LogP contribution in [-0.4, -0.2) is 77.7 Å². The Bertz CT molecular complexity index is 1200. The van der Waals surface area contributed by atoms with Gasteiger partial charge in [-0.2, -0.15) is 0 Å². The Balaban J connectivity index is 1.30. The van der Waals surface area contributed by atoms with E-state index in [4.69, 9.17) is 4.74 Å². The molecule has 2 aliphatic heterocycles. The van der Waals surface area contributed by atoms with E-state index < -0.39 is 5.41 Å². The summed E-state index contributed by atoms with van der Waals surface area (Å²) in [6.07, 6.45) is 1.64. The van der Waals surface area contributed by atoms with Crippen molar-refractivity contribution in [1.29, 1.82) is 0 Å². The molecule has 4 amide bonds. The minimum absolute atomic E-state index is 0.0227. The lowest BCUT2D eigenvalue weighted by atomic mass is 9.74. The molecule has 36 heavy (non-hydrogen) atoms. The fourth-order valence-corrected chi connectivity index (χ4v) is 5.46. The Kier molecular flexibility index (Phi) is 6.28. The maximum absolute atomic E-state index is 13.7. The van der Waals surface area contributed by atoms with Crippen LogP contribution in [0.5, 0.6) is 5.75 Å². The molecule has 2 heterocycles. The Labute approximate surface area is 210 Å². The molecule has 3 aliphatic rings. The second-order valence-corrected chi connectivity index (χ2v) is 9.95. The van der Waals surface area contributed by atoms with E-state index in [1.165, 1.54) is 4.90 Å². The van der Waals surface area contributed by atoms with Crippen LogP contribution in [-0.2, 0) is 19.8 Å². The zero-order valence-corrected chi connectivity index (χ0v) is 20.7. The smallest absolute Gasteiger partial charge is 0.253 e. The van der Waals surface area contributed by atoms with Gasteiger partial charge in [-0.05, 0) is 55.2 Å². The third-order valence-electron chi connectivity index (χ3n) is 7.63. The molecule has 0 N–H and O–H groups in total. The number of hydrogen-bond acceptors (Lipinski definition) is 5. The number of imide groups is 1. The first-order chi connectivity index (χ1) is 17.3. The number of amides is 4. The average Bonchev–Trinajstić information content (AvgIpc) is 3.69. The fourth-order valence-electron chi connectivity index (χ4n) is 5.46. The summed E-state index contributed by atoms with van der Waals surface area (Å²) in [5.74, 6) is 0.00976. The van der Waals surface area contributed by atoms with Crippen molar-refractivity contribution < 1.29 is 23.9 Å². The summed E-state index contributed by atoms with van der Waals surface area (Å²) >= 11 is 0. The standard InChI is InChI=1S/C28H31N3O5/c1-19-5-3-4-6-23(19)28(18-25(33)31(27(28)35)21-9-10-21)17-24(32)29-13-15-30(16-14-29)26(34)20-7-11-22(36-2)12-8-20/h3-8,11-12,21H,9-10,13-18H2,1-2H3. The van der Waals surface area contributed by atoms with Gasteiger partial charge in [0.2, 0.25) is 17.7 Å².